The fraction of sp³-hybridized carbons (Fsp3) is 0.125. The summed E-state index contributed by atoms with van der Waals surface area (Å²) >= 11 is 5.86. The molecule has 4 nitrogen and oxygen atoms in total. The first kappa shape index (κ1) is 13.6. The molecular weight excluding hydrogens is 288 g/mol. The Morgan fingerprint density at radius 1 is 1.10 bits per heavy atom. The highest BCUT2D eigenvalue weighted by molar-refractivity contribution is 6.44. The fourth-order valence-electron chi connectivity index (χ4n) is 2.42. The fourth-order valence-corrected chi connectivity index (χ4v) is 2.61. The Morgan fingerprint density at radius 3 is 2.71 bits per heavy atom. The molecule has 0 fully saturated rings. The quantitative estimate of drug-likeness (QED) is 0.823. The van der Waals surface area contributed by atoms with Crippen molar-refractivity contribution in [3.63, 3.8) is 0 Å². The van der Waals surface area contributed by atoms with E-state index < -0.39 is 11.8 Å². The number of hydrogen-bond donors (Lipinski definition) is 1. The van der Waals surface area contributed by atoms with Crippen molar-refractivity contribution < 1.29 is 9.59 Å². The normalized spacial score (nSPS) is 12.9. The molecule has 2 aromatic carbocycles. The van der Waals surface area contributed by atoms with Gasteiger partial charge in [0.15, 0.2) is 0 Å². The number of nitrogens with zero attached hydrogens (tertiary/aromatic N) is 1. The summed E-state index contributed by atoms with van der Waals surface area (Å²) < 4.78 is 0. The number of amides is 2. The first-order valence-electron chi connectivity index (χ1n) is 6.61. The zero-order chi connectivity index (χ0) is 14.8. The standard InChI is InChI=1S/C16H13ClN2O2/c17-12-5-3-6-13(10-12)18-15(20)16(21)19-9-8-11-4-1-2-7-14(11)19/h1-7,10H,8-9H2,(H,18,20). The number of benzene rings is 2. The van der Waals surface area contributed by atoms with E-state index in [0.717, 1.165) is 17.7 Å². The minimum Gasteiger partial charge on any atom is -0.318 e. The molecule has 0 saturated carbocycles. The number of para-hydroxylation sites is 1. The molecule has 1 aliphatic rings. The summed E-state index contributed by atoms with van der Waals surface area (Å²) in [5.74, 6) is -1.21. The molecule has 106 valence electrons. The van der Waals surface area contributed by atoms with Gasteiger partial charge >= 0.3 is 11.8 Å². The van der Waals surface area contributed by atoms with Crippen molar-refractivity contribution >= 4 is 34.8 Å². The minimum absolute atomic E-state index is 0.506. The predicted octanol–water partition coefficient (Wildman–Crippen LogP) is 2.87. The molecule has 0 atom stereocenters. The highest BCUT2D eigenvalue weighted by atomic mass is 35.5. The molecule has 0 radical (unpaired) electrons. The van der Waals surface area contributed by atoms with Gasteiger partial charge in [-0.3, -0.25) is 9.59 Å². The number of hydrogen-bond acceptors (Lipinski definition) is 2. The monoisotopic (exact) mass is 300 g/mol. The first-order chi connectivity index (χ1) is 10.1. The lowest BCUT2D eigenvalue weighted by Gasteiger charge is -2.16. The Kier molecular flexibility index (Phi) is 3.62. The molecule has 1 aliphatic heterocycles. The molecule has 5 heteroatoms. The van der Waals surface area contributed by atoms with E-state index in [0.29, 0.717) is 17.3 Å². The van der Waals surface area contributed by atoms with Gasteiger partial charge in [-0.25, -0.2) is 0 Å². The molecule has 0 aliphatic carbocycles. The second kappa shape index (κ2) is 5.58. The molecule has 0 bridgehead atoms. The molecule has 0 saturated heterocycles. The number of nitrogens with one attached hydrogen (secondary N) is 1. The maximum absolute atomic E-state index is 12.3. The van der Waals surface area contributed by atoms with E-state index in [9.17, 15) is 9.59 Å². The van der Waals surface area contributed by atoms with Crippen molar-refractivity contribution in [3.8, 4) is 0 Å². The van der Waals surface area contributed by atoms with Crippen LogP contribution >= 0.6 is 11.6 Å². The Morgan fingerprint density at radius 2 is 1.90 bits per heavy atom. The third kappa shape index (κ3) is 2.76. The highest BCUT2D eigenvalue weighted by Gasteiger charge is 2.28. The molecule has 3 rings (SSSR count). The van der Waals surface area contributed by atoms with Crippen molar-refractivity contribution in [3.05, 3.63) is 59.1 Å². The van der Waals surface area contributed by atoms with Crippen LogP contribution in [0.1, 0.15) is 5.56 Å². The van der Waals surface area contributed by atoms with Crippen molar-refractivity contribution in [1.29, 1.82) is 0 Å². The van der Waals surface area contributed by atoms with Crippen molar-refractivity contribution in [2.45, 2.75) is 6.42 Å². The van der Waals surface area contributed by atoms with Crippen LogP contribution in [0.5, 0.6) is 0 Å². The Labute approximate surface area is 127 Å². The van der Waals surface area contributed by atoms with E-state index in [1.54, 1.807) is 24.3 Å². The van der Waals surface area contributed by atoms with Crippen molar-refractivity contribution in [2.24, 2.45) is 0 Å². The molecule has 21 heavy (non-hydrogen) atoms. The van der Waals surface area contributed by atoms with Crippen LogP contribution in [0.15, 0.2) is 48.5 Å². The van der Waals surface area contributed by atoms with Crippen LogP contribution in [0.3, 0.4) is 0 Å². The minimum atomic E-state index is -0.658. The van der Waals surface area contributed by atoms with Crippen LogP contribution in [-0.4, -0.2) is 18.4 Å². The van der Waals surface area contributed by atoms with Crippen LogP contribution < -0.4 is 10.2 Å². The molecule has 2 amide bonds. The van der Waals surface area contributed by atoms with Gasteiger partial charge in [0.05, 0.1) is 0 Å². The summed E-state index contributed by atoms with van der Waals surface area (Å²) in [5.41, 5.74) is 2.40. The number of rotatable bonds is 1. The van der Waals surface area contributed by atoms with Gasteiger partial charge in [-0.05, 0) is 36.2 Å². The van der Waals surface area contributed by atoms with E-state index in [2.05, 4.69) is 5.32 Å². The summed E-state index contributed by atoms with van der Waals surface area (Å²) in [4.78, 5) is 25.9. The van der Waals surface area contributed by atoms with E-state index in [4.69, 9.17) is 11.6 Å². The van der Waals surface area contributed by atoms with Crippen LogP contribution in [0.4, 0.5) is 11.4 Å². The SMILES string of the molecule is O=C(Nc1cccc(Cl)c1)C(=O)N1CCc2ccccc21. The third-order valence-electron chi connectivity index (χ3n) is 3.41. The zero-order valence-electron chi connectivity index (χ0n) is 11.2. The van der Waals surface area contributed by atoms with Gasteiger partial charge in [-0.1, -0.05) is 35.9 Å². The lowest BCUT2D eigenvalue weighted by molar-refractivity contribution is -0.134. The average Bonchev–Trinajstić information content (AvgIpc) is 2.90. The zero-order valence-corrected chi connectivity index (χ0v) is 11.9. The van der Waals surface area contributed by atoms with Gasteiger partial charge in [0.1, 0.15) is 0 Å². The Balaban J connectivity index is 1.76. The second-order valence-electron chi connectivity index (χ2n) is 4.80. The van der Waals surface area contributed by atoms with Gasteiger partial charge in [0.2, 0.25) is 0 Å². The average molecular weight is 301 g/mol. The topological polar surface area (TPSA) is 49.4 Å². The lowest BCUT2D eigenvalue weighted by Crippen LogP contribution is -2.38. The summed E-state index contributed by atoms with van der Waals surface area (Å²) in [5, 5.41) is 3.08. The van der Waals surface area contributed by atoms with Crippen LogP contribution in [0.2, 0.25) is 5.02 Å². The molecule has 2 aromatic rings. The number of fused-ring (bicyclic) bond motifs is 1. The summed E-state index contributed by atoms with van der Waals surface area (Å²) in [6.07, 6.45) is 0.770. The van der Waals surface area contributed by atoms with Gasteiger partial charge in [-0.15, -0.1) is 0 Å². The van der Waals surface area contributed by atoms with Gasteiger partial charge in [0, 0.05) is 22.9 Å². The maximum atomic E-state index is 12.3. The van der Waals surface area contributed by atoms with Crippen molar-refractivity contribution in [1.82, 2.24) is 0 Å². The first-order valence-corrected chi connectivity index (χ1v) is 6.99. The molecule has 1 heterocycles. The molecular formula is C16H13ClN2O2. The molecule has 1 N–H and O–H groups in total. The lowest BCUT2D eigenvalue weighted by atomic mass is 10.2. The largest absolute Gasteiger partial charge is 0.318 e. The number of halogens is 1. The molecule has 0 aromatic heterocycles. The predicted molar refractivity (Wildman–Crippen MR) is 82.6 cm³/mol. The second-order valence-corrected chi connectivity index (χ2v) is 5.24. The highest BCUT2D eigenvalue weighted by Crippen LogP contribution is 2.27. The summed E-state index contributed by atoms with van der Waals surface area (Å²) in [6.45, 7) is 0.529. The summed E-state index contributed by atoms with van der Waals surface area (Å²) in [7, 11) is 0. The van der Waals surface area contributed by atoms with Gasteiger partial charge in [-0.2, -0.15) is 0 Å². The third-order valence-corrected chi connectivity index (χ3v) is 3.64. The number of carbonyl (C=O) groups is 2. The number of anilines is 2. The van der Waals surface area contributed by atoms with Crippen LogP contribution in [-0.2, 0) is 16.0 Å². The van der Waals surface area contributed by atoms with Gasteiger partial charge in [0.25, 0.3) is 0 Å². The van der Waals surface area contributed by atoms with E-state index in [1.165, 1.54) is 4.90 Å². The smallest absolute Gasteiger partial charge is 0.316 e. The van der Waals surface area contributed by atoms with E-state index in [-0.39, 0.29) is 0 Å². The summed E-state index contributed by atoms with van der Waals surface area (Å²) in [6, 6.07) is 14.3. The van der Waals surface area contributed by atoms with E-state index >= 15 is 0 Å². The Hall–Kier alpha value is -2.33. The molecule has 0 unspecified atom stereocenters. The maximum Gasteiger partial charge on any atom is 0.316 e. The van der Waals surface area contributed by atoms with Crippen molar-refractivity contribution in [2.75, 3.05) is 16.8 Å². The van der Waals surface area contributed by atoms with Crippen LogP contribution in [0, 0.1) is 0 Å². The van der Waals surface area contributed by atoms with E-state index in [1.807, 2.05) is 24.3 Å². The Bertz CT molecular complexity index is 715. The number of carbonyl (C=O) groups excluding carboxylic acids is 2. The molecule has 0 spiro atoms. The van der Waals surface area contributed by atoms with Crippen LogP contribution in [0.25, 0.3) is 0 Å². The van der Waals surface area contributed by atoms with Gasteiger partial charge < -0.3 is 10.2 Å².